The first kappa shape index (κ1) is 12.9. The molecule has 0 unspecified atom stereocenters. The van der Waals surface area contributed by atoms with Gasteiger partial charge in [0.25, 0.3) is 0 Å². The summed E-state index contributed by atoms with van der Waals surface area (Å²) in [6.45, 7) is 2.11. The standard InChI is InChI=1S/C18H22ClN/c1-12-2-4-16(5-3-12)20-17(19)18-9-13-6-14(10-18)8-15(7-13)11-18/h2-5,13-15H,6-11H2,1H3. The van der Waals surface area contributed by atoms with Crippen molar-refractivity contribution in [3.63, 3.8) is 0 Å². The Morgan fingerprint density at radius 2 is 1.50 bits per heavy atom. The van der Waals surface area contributed by atoms with Crippen LogP contribution in [0.4, 0.5) is 5.69 Å². The second kappa shape index (κ2) is 4.59. The van der Waals surface area contributed by atoms with E-state index in [2.05, 4.69) is 31.2 Å². The third-order valence-corrected chi connectivity index (χ3v) is 6.22. The minimum atomic E-state index is 0.223. The number of aryl methyl sites for hydroxylation is 1. The molecule has 5 rings (SSSR count). The van der Waals surface area contributed by atoms with Crippen LogP contribution in [0.2, 0.25) is 0 Å². The molecule has 0 aromatic heterocycles. The van der Waals surface area contributed by atoms with Gasteiger partial charge in [0.1, 0.15) is 5.17 Å². The van der Waals surface area contributed by atoms with Crippen LogP contribution in [0.3, 0.4) is 0 Å². The lowest BCUT2D eigenvalue weighted by Gasteiger charge is -2.56. The number of aliphatic imine (C=N–C) groups is 1. The Bertz CT molecular complexity index is 508. The van der Waals surface area contributed by atoms with Crippen LogP contribution in [0.15, 0.2) is 29.3 Å². The monoisotopic (exact) mass is 287 g/mol. The summed E-state index contributed by atoms with van der Waals surface area (Å²) in [6, 6.07) is 8.39. The van der Waals surface area contributed by atoms with Crippen molar-refractivity contribution in [2.45, 2.75) is 45.4 Å². The van der Waals surface area contributed by atoms with Crippen molar-refractivity contribution in [2.24, 2.45) is 28.2 Å². The first-order valence-electron chi connectivity index (χ1n) is 7.94. The summed E-state index contributed by atoms with van der Waals surface area (Å²) >= 11 is 6.73. The van der Waals surface area contributed by atoms with Crippen LogP contribution in [-0.4, -0.2) is 5.17 Å². The molecule has 4 aliphatic carbocycles. The zero-order chi connectivity index (χ0) is 13.7. The molecule has 4 bridgehead atoms. The summed E-state index contributed by atoms with van der Waals surface area (Å²) in [6.07, 6.45) is 8.21. The Balaban J connectivity index is 1.64. The number of rotatable bonds is 2. The molecule has 4 aliphatic rings. The highest BCUT2D eigenvalue weighted by atomic mass is 35.5. The van der Waals surface area contributed by atoms with Gasteiger partial charge in [0, 0.05) is 5.41 Å². The third-order valence-electron chi connectivity index (χ3n) is 5.74. The van der Waals surface area contributed by atoms with E-state index in [-0.39, 0.29) is 5.41 Å². The Labute approximate surface area is 126 Å². The fourth-order valence-electron chi connectivity index (χ4n) is 5.21. The van der Waals surface area contributed by atoms with Crippen LogP contribution < -0.4 is 0 Å². The highest BCUT2D eigenvalue weighted by Crippen LogP contribution is 2.61. The Morgan fingerprint density at radius 3 is 2.00 bits per heavy atom. The molecule has 0 aliphatic heterocycles. The van der Waals surface area contributed by atoms with E-state index < -0.39 is 0 Å². The van der Waals surface area contributed by atoms with E-state index in [1.807, 2.05) is 0 Å². The van der Waals surface area contributed by atoms with Crippen LogP contribution in [0.25, 0.3) is 0 Å². The topological polar surface area (TPSA) is 12.4 Å². The lowest BCUT2D eigenvalue weighted by molar-refractivity contribution is -0.0108. The second-order valence-corrected chi connectivity index (χ2v) is 7.79. The van der Waals surface area contributed by atoms with Crippen molar-refractivity contribution in [3.05, 3.63) is 29.8 Å². The minimum Gasteiger partial charge on any atom is -0.241 e. The summed E-state index contributed by atoms with van der Waals surface area (Å²) in [4.78, 5) is 4.77. The third kappa shape index (κ3) is 2.11. The van der Waals surface area contributed by atoms with E-state index in [4.69, 9.17) is 16.6 Å². The molecule has 0 heterocycles. The number of hydrogen-bond acceptors (Lipinski definition) is 1. The van der Waals surface area contributed by atoms with E-state index in [1.54, 1.807) is 0 Å². The van der Waals surface area contributed by atoms with Crippen LogP contribution in [0, 0.1) is 30.1 Å². The first-order valence-corrected chi connectivity index (χ1v) is 8.32. The molecule has 0 atom stereocenters. The summed E-state index contributed by atoms with van der Waals surface area (Å²) in [5.41, 5.74) is 2.51. The van der Waals surface area contributed by atoms with E-state index >= 15 is 0 Å². The zero-order valence-corrected chi connectivity index (χ0v) is 12.9. The van der Waals surface area contributed by atoms with Gasteiger partial charge in [0.05, 0.1) is 5.69 Å². The molecular formula is C18H22ClN. The predicted octanol–water partition coefficient (Wildman–Crippen LogP) is 5.48. The van der Waals surface area contributed by atoms with Gasteiger partial charge in [-0.25, -0.2) is 4.99 Å². The molecule has 4 saturated carbocycles. The lowest BCUT2D eigenvalue weighted by Crippen LogP contribution is -2.48. The first-order chi connectivity index (χ1) is 9.63. The van der Waals surface area contributed by atoms with Gasteiger partial charge in [-0.15, -0.1) is 0 Å². The molecule has 0 saturated heterocycles. The quantitative estimate of drug-likeness (QED) is 0.639. The molecule has 1 aromatic carbocycles. The molecule has 0 spiro atoms. The van der Waals surface area contributed by atoms with Gasteiger partial charge in [-0.2, -0.15) is 0 Å². The van der Waals surface area contributed by atoms with Gasteiger partial charge in [0.15, 0.2) is 0 Å². The van der Waals surface area contributed by atoms with Crippen LogP contribution in [-0.2, 0) is 0 Å². The SMILES string of the molecule is Cc1ccc(N=C(Cl)C23CC4CC(CC(C4)C2)C3)cc1. The van der Waals surface area contributed by atoms with E-state index in [0.717, 1.165) is 28.6 Å². The highest BCUT2D eigenvalue weighted by Gasteiger charge is 2.53. The van der Waals surface area contributed by atoms with Gasteiger partial charge in [-0.1, -0.05) is 29.3 Å². The van der Waals surface area contributed by atoms with Crippen LogP contribution in [0.5, 0.6) is 0 Å². The fourth-order valence-corrected chi connectivity index (χ4v) is 5.54. The number of nitrogens with zero attached hydrogens (tertiary/aromatic N) is 1. The highest BCUT2D eigenvalue weighted by molar-refractivity contribution is 6.66. The average molecular weight is 288 g/mol. The van der Waals surface area contributed by atoms with Crippen molar-refractivity contribution in [1.29, 1.82) is 0 Å². The number of benzene rings is 1. The predicted molar refractivity (Wildman–Crippen MR) is 84.7 cm³/mol. The Morgan fingerprint density at radius 1 is 1.00 bits per heavy atom. The molecular weight excluding hydrogens is 266 g/mol. The maximum Gasteiger partial charge on any atom is 0.113 e. The molecule has 0 radical (unpaired) electrons. The largest absolute Gasteiger partial charge is 0.241 e. The van der Waals surface area contributed by atoms with Crippen LogP contribution >= 0.6 is 11.6 Å². The molecule has 2 heteroatoms. The van der Waals surface area contributed by atoms with Crippen molar-refractivity contribution in [2.75, 3.05) is 0 Å². The maximum atomic E-state index is 6.73. The number of hydrogen-bond donors (Lipinski definition) is 0. The van der Waals surface area contributed by atoms with E-state index in [1.165, 1.54) is 44.1 Å². The molecule has 4 fully saturated rings. The molecule has 106 valence electrons. The summed E-state index contributed by atoms with van der Waals surface area (Å²) in [5.74, 6) is 2.76. The van der Waals surface area contributed by atoms with Gasteiger partial charge >= 0.3 is 0 Å². The minimum absolute atomic E-state index is 0.223. The van der Waals surface area contributed by atoms with E-state index in [9.17, 15) is 0 Å². The molecule has 1 aromatic rings. The summed E-state index contributed by atoms with van der Waals surface area (Å²) in [7, 11) is 0. The van der Waals surface area contributed by atoms with Gasteiger partial charge < -0.3 is 0 Å². The lowest BCUT2D eigenvalue weighted by atomic mass is 9.50. The van der Waals surface area contributed by atoms with E-state index in [0.29, 0.717) is 0 Å². The number of halogens is 1. The van der Waals surface area contributed by atoms with Gasteiger partial charge in [-0.3, -0.25) is 0 Å². The molecule has 1 nitrogen and oxygen atoms in total. The van der Waals surface area contributed by atoms with Crippen LogP contribution in [0.1, 0.15) is 44.1 Å². The normalized spacial score (nSPS) is 39.3. The average Bonchev–Trinajstić information content (AvgIpc) is 2.40. The smallest absolute Gasteiger partial charge is 0.113 e. The molecule has 0 amide bonds. The second-order valence-electron chi connectivity index (χ2n) is 7.44. The fraction of sp³-hybridized carbons (Fsp3) is 0.611. The van der Waals surface area contributed by atoms with Gasteiger partial charge in [0.2, 0.25) is 0 Å². The molecule has 20 heavy (non-hydrogen) atoms. The summed E-state index contributed by atoms with van der Waals surface area (Å²) < 4.78 is 0. The van der Waals surface area contributed by atoms with Crippen molar-refractivity contribution in [3.8, 4) is 0 Å². The van der Waals surface area contributed by atoms with Crippen molar-refractivity contribution < 1.29 is 0 Å². The zero-order valence-electron chi connectivity index (χ0n) is 12.1. The van der Waals surface area contributed by atoms with Gasteiger partial charge in [-0.05, 0) is 75.3 Å². The molecule has 0 N–H and O–H groups in total. The Hall–Kier alpha value is -0.820. The van der Waals surface area contributed by atoms with Crippen molar-refractivity contribution >= 4 is 22.5 Å². The maximum absolute atomic E-state index is 6.73. The summed E-state index contributed by atoms with van der Waals surface area (Å²) in [5, 5.41) is 0.889. The van der Waals surface area contributed by atoms with Crippen molar-refractivity contribution in [1.82, 2.24) is 0 Å². The Kier molecular flexibility index (Phi) is 2.96.